The predicted octanol–water partition coefficient (Wildman–Crippen LogP) is -6.28. The molecular formula is AlMgO4SiSrZn+5. The van der Waals surface area contributed by atoms with E-state index >= 15 is 0 Å². The molecule has 9 heavy (non-hydrogen) atoms. The van der Waals surface area contributed by atoms with Crippen LogP contribution in [0.1, 0.15) is 0 Å². The van der Waals surface area contributed by atoms with E-state index in [4.69, 9.17) is 19.2 Å². The van der Waals surface area contributed by atoms with Gasteiger partial charge < -0.3 is 28.2 Å². The molecule has 0 amide bonds. The zero-order valence-electron chi connectivity index (χ0n) is 4.83. The first-order valence-electron chi connectivity index (χ1n) is 0.816. The Labute approximate surface area is 131 Å². The molecule has 0 heterocycles. The van der Waals surface area contributed by atoms with E-state index < -0.39 is 9.05 Å². The van der Waals surface area contributed by atoms with Crippen molar-refractivity contribution in [3.63, 3.8) is 0 Å². The van der Waals surface area contributed by atoms with Crippen molar-refractivity contribution in [2.75, 3.05) is 0 Å². The van der Waals surface area contributed by atoms with Crippen LogP contribution in [0.3, 0.4) is 0 Å². The van der Waals surface area contributed by atoms with Crippen LogP contribution in [0.4, 0.5) is 0 Å². The van der Waals surface area contributed by atoms with Gasteiger partial charge in [0.2, 0.25) is 0 Å². The first-order valence-corrected chi connectivity index (χ1v) is 2.45. The number of rotatable bonds is 0. The van der Waals surface area contributed by atoms with Crippen LogP contribution >= 0.6 is 0 Å². The van der Waals surface area contributed by atoms with Crippen LogP contribution in [0.2, 0.25) is 0 Å². The second kappa shape index (κ2) is 14.0. The van der Waals surface area contributed by atoms with E-state index in [1.807, 2.05) is 0 Å². The van der Waals surface area contributed by atoms with Crippen LogP contribution in [-0.4, -0.2) is 94.9 Å². The molecular weight excluding hydrogens is 296 g/mol. The summed E-state index contributed by atoms with van der Waals surface area (Å²) in [5.74, 6) is 0. The summed E-state index contributed by atoms with van der Waals surface area (Å²) in [6.45, 7) is 0. The molecule has 0 fully saturated rings. The fourth-order valence-electron chi connectivity index (χ4n) is 0. The molecule has 4 nitrogen and oxygen atoms in total. The van der Waals surface area contributed by atoms with Crippen LogP contribution in [0.5, 0.6) is 0 Å². The van der Waals surface area contributed by atoms with Gasteiger partial charge in [-0.3, -0.25) is 0 Å². The third kappa shape index (κ3) is 85.7. The molecule has 0 N–H and O–H groups in total. The van der Waals surface area contributed by atoms with Gasteiger partial charge in [-0.25, -0.2) is 0 Å². The Kier molecular flexibility index (Phi) is 45.8. The Balaban J connectivity index is -0.0000000133. The average Bonchev–Trinajstić information content (AvgIpc) is 0.722. The smallest absolute Gasteiger partial charge is 0.894 e. The van der Waals surface area contributed by atoms with E-state index in [1.54, 1.807) is 0 Å². The van der Waals surface area contributed by atoms with Gasteiger partial charge in [-0.2, -0.15) is 0 Å². The zero-order valence-corrected chi connectivity index (χ0v) is 14.8. The molecule has 9 heteroatoms. The first-order chi connectivity index (χ1) is 2.00. The van der Waals surface area contributed by atoms with Crippen LogP contribution in [0.25, 0.3) is 0 Å². The minimum absolute atomic E-state index is 0. The molecule has 0 bridgehead atoms. The molecule has 0 aliphatic rings. The van der Waals surface area contributed by atoms with Crippen molar-refractivity contribution in [3.05, 3.63) is 0 Å². The fourth-order valence-corrected chi connectivity index (χ4v) is 0. The third-order valence-electron chi connectivity index (χ3n) is 0. The van der Waals surface area contributed by atoms with Gasteiger partial charge >= 0.3 is 105 Å². The molecule has 0 saturated heterocycles. The monoisotopic (exact) mass is 295 g/mol. The predicted molar refractivity (Wildman–Crippen MR) is 23.0 cm³/mol. The molecule has 0 aliphatic carbocycles. The maximum absolute atomic E-state index is 8.58. The van der Waals surface area contributed by atoms with Gasteiger partial charge in [0.1, 0.15) is 0 Å². The fraction of sp³-hybridized carbons (Fsp3) is 0. The molecule has 0 aromatic heterocycles. The molecule has 0 rings (SSSR count). The van der Waals surface area contributed by atoms with Crippen molar-refractivity contribution in [2.45, 2.75) is 0 Å². The van der Waals surface area contributed by atoms with Gasteiger partial charge in [0, 0.05) is 0 Å². The summed E-state index contributed by atoms with van der Waals surface area (Å²) >= 11 is 0. The Morgan fingerprint density at radius 1 is 0.889 bits per heavy atom. The SMILES string of the molecule is [Al+3].[Mg+2].[O-][Si]([O-])([O-])[O-].[Sr+2].[Zn+2]. The second-order valence-electron chi connectivity index (χ2n) is 0.500. The van der Waals surface area contributed by atoms with E-state index in [0.717, 1.165) is 0 Å². The molecule has 0 spiro atoms. The molecule has 0 aromatic carbocycles. The van der Waals surface area contributed by atoms with Gasteiger partial charge in [0.15, 0.2) is 0 Å². The summed E-state index contributed by atoms with van der Waals surface area (Å²) in [4.78, 5) is 34.3. The Morgan fingerprint density at radius 2 is 0.889 bits per heavy atom. The van der Waals surface area contributed by atoms with Crippen molar-refractivity contribution >= 4 is 94.9 Å². The quantitative estimate of drug-likeness (QED) is 0.416. The van der Waals surface area contributed by atoms with Crippen LogP contribution < -0.4 is 19.2 Å². The van der Waals surface area contributed by atoms with E-state index in [-0.39, 0.29) is 105 Å². The van der Waals surface area contributed by atoms with E-state index in [9.17, 15) is 0 Å². The van der Waals surface area contributed by atoms with Crippen LogP contribution in [0, 0.1) is 0 Å². The molecule has 0 saturated carbocycles. The normalized spacial score (nSPS) is 6.67. The van der Waals surface area contributed by atoms with Crippen molar-refractivity contribution < 1.29 is 38.7 Å². The Hall–Kier alpha value is 3.46. The molecule has 0 radical (unpaired) electrons. The third-order valence-corrected chi connectivity index (χ3v) is 0. The van der Waals surface area contributed by atoms with E-state index in [2.05, 4.69) is 0 Å². The first kappa shape index (κ1) is 29.4. The van der Waals surface area contributed by atoms with Gasteiger partial charge in [0.25, 0.3) is 0 Å². The summed E-state index contributed by atoms with van der Waals surface area (Å²) in [6, 6.07) is 0. The summed E-state index contributed by atoms with van der Waals surface area (Å²) < 4.78 is 0. The zero-order chi connectivity index (χ0) is 4.50. The van der Waals surface area contributed by atoms with Crippen LogP contribution in [0.15, 0.2) is 0 Å². The van der Waals surface area contributed by atoms with Crippen molar-refractivity contribution in [2.24, 2.45) is 0 Å². The summed E-state index contributed by atoms with van der Waals surface area (Å²) in [5.41, 5.74) is 0. The molecule has 0 aromatic rings. The van der Waals surface area contributed by atoms with Gasteiger partial charge in [-0.05, 0) is 0 Å². The van der Waals surface area contributed by atoms with E-state index in [0.29, 0.717) is 0 Å². The van der Waals surface area contributed by atoms with Crippen LogP contribution in [-0.2, 0) is 19.5 Å². The Morgan fingerprint density at radius 3 is 0.889 bits per heavy atom. The largest absolute Gasteiger partial charge is 3.00 e. The van der Waals surface area contributed by atoms with Gasteiger partial charge in [0.05, 0.1) is 0 Å². The standard InChI is InChI=1S/Al.Mg.O4Si.Sr.Zn/c;;1-5(2,3)4;;/q+3;+2;-4;2*+2. The Bertz CT molecular complexity index is 36.0. The minimum atomic E-state index is -5.61. The summed E-state index contributed by atoms with van der Waals surface area (Å²) in [5, 5.41) is 0. The van der Waals surface area contributed by atoms with Crippen molar-refractivity contribution in [3.8, 4) is 0 Å². The summed E-state index contributed by atoms with van der Waals surface area (Å²) in [6.07, 6.45) is 0. The minimum Gasteiger partial charge on any atom is -0.894 e. The summed E-state index contributed by atoms with van der Waals surface area (Å²) in [7, 11) is -5.61. The van der Waals surface area contributed by atoms with E-state index in [1.165, 1.54) is 0 Å². The molecule has 0 unspecified atom stereocenters. The number of hydrogen-bond acceptors (Lipinski definition) is 4. The van der Waals surface area contributed by atoms with Gasteiger partial charge in [-0.1, -0.05) is 0 Å². The number of hydrogen-bond donors (Lipinski definition) is 0. The average molecular weight is 296 g/mol. The van der Waals surface area contributed by atoms with Crippen molar-refractivity contribution in [1.29, 1.82) is 0 Å². The molecule has 0 aliphatic heterocycles. The maximum atomic E-state index is 8.58. The van der Waals surface area contributed by atoms with Crippen molar-refractivity contribution in [1.82, 2.24) is 0 Å². The molecule has 32 valence electrons. The maximum Gasteiger partial charge on any atom is 3.00 e. The van der Waals surface area contributed by atoms with Gasteiger partial charge in [-0.15, -0.1) is 0 Å². The second-order valence-corrected chi connectivity index (χ2v) is 1.50. The molecule has 0 atom stereocenters. The topological polar surface area (TPSA) is 92.2 Å².